The van der Waals surface area contributed by atoms with Gasteiger partial charge < -0.3 is 4.84 Å². The Morgan fingerprint density at radius 1 is 0.962 bits per heavy atom. The van der Waals surface area contributed by atoms with Crippen LogP contribution in [0.25, 0.3) is 0 Å². The van der Waals surface area contributed by atoms with Crippen molar-refractivity contribution in [3.63, 3.8) is 0 Å². The van der Waals surface area contributed by atoms with E-state index in [2.05, 4.69) is 0 Å². The van der Waals surface area contributed by atoms with Crippen molar-refractivity contribution in [1.82, 2.24) is 5.06 Å². The van der Waals surface area contributed by atoms with Crippen LogP contribution in [0, 0.1) is 5.92 Å². The van der Waals surface area contributed by atoms with Crippen molar-refractivity contribution in [2.75, 3.05) is 0 Å². The van der Waals surface area contributed by atoms with Crippen molar-refractivity contribution >= 4 is 41.0 Å². The van der Waals surface area contributed by atoms with Gasteiger partial charge in [0, 0.05) is 0 Å². The predicted octanol–water partition coefficient (Wildman–Crippen LogP) is 4.24. The molecule has 2 unspecified atom stereocenters. The van der Waals surface area contributed by atoms with E-state index in [1.54, 1.807) is 24.3 Å². The fraction of sp³-hybridized carbons (Fsp3) is 0.211. The predicted molar refractivity (Wildman–Crippen MR) is 95.0 cm³/mol. The van der Waals surface area contributed by atoms with Gasteiger partial charge in [0.2, 0.25) is 0 Å². The van der Waals surface area contributed by atoms with Crippen molar-refractivity contribution in [2.24, 2.45) is 5.92 Å². The van der Waals surface area contributed by atoms with Crippen LogP contribution in [0.4, 0.5) is 0 Å². The van der Waals surface area contributed by atoms with Crippen LogP contribution >= 0.6 is 23.2 Å². The Kier molecular flexibility index (Phi) is 4.21. The molecule has 26 heavy (non-hydrogen) atoms. The van der Waals surface area contributed by atoms with E-state index in [4.69, 9.17) is 28.0 Å². The fourth-order valence-corrected chi connectivity index (χ4v) is 3.64. The maximum atomic E-state index is 12.5. The molecule has 2 aliphatic rings. The van der Waals surface area contributed by atoms with Crippen LogP contribution in [0.1, 0.15) is 45.0 Å². The van der Waals surface area contributed by atoms with Gasteiger partial charge in [-0.15, -0.1) is 0 Å². The number of nitrogens with zero attached hydrogens (tertiary/aromatic N) is 1. The summed E-state index contributed by atoms with van der Waals surface area (Å²) in [6.45, 7) is 0. The van der Waals surface area contributed by atoms with E-state index in [0.717, 1.165) is 12.0 Å². The summed E-state index contributed by atoms with van der Waals surface area (Å²) in [7, 11) is 0. The summed E-state index contributed by atoms with van der Waals surface area (Å²) >= 11 is 12.0. The van der Waals surface area contributed by atoms with Gasteiger partial charge in [-0.2, -0.15) is 0 Å². The Hall–Kier alpha value is -2.37. The van der Waals surface area contributed by atoms with Gasteiger partial charge in [-0.25, -0.2) is 4.79 Å². The number of benzene rings is 2. The lowest BCUT2D eigenvalue weighted by Gasteiger charge is -2.35. The lowest BCUT2D eigenvalue weighted by molar-refractivity contribution is -0.177. The number of fused-ring (bicyclic) bond motifs is 1. The molecule has 0 bridgehead atoms. The fourth-order valence-electron chi connectivity index (χ4n) is 3.33. The second-order valence-electron chi connectivity index (χ2n) is 6.32. The number of imide groups is 1. The van der Waals surface area contributed by atoms with Crippen LogP contribution < -0.4 is 0 Å². The third-order valence-electron chi connectivity index (χ3n) is 4.89. The minimum atomic E-state index is -0.621. The molecule has 1 fully saturated rings. The molecule has 2 aromatic rings. The van der Waals surface area contributed by atoms with E-state index in [1.807, 2.05) is 6.07 Å². The van der Waals surface area contributed by atoms with E-state index < -0.39 is 23.7 Å². The summed E-state index contributed by atoms with van der Waals surface area (Å²) < 4.78 is 0. The number of amides is 2. The number of rotatable bonds is 3. The van der Waals surface area contributed by atoms with Crippen molar-refractivity contribution in [2.45, 2.75) is 18.8 Å². The van der Waals surface area contributed by atoms with Crippen molar-refractivity contribution in [3.05, 3.63) is 69.2 Å². The molecule has 1 aliphatic heterocycles. The maximum Gasteiger partial charge on any atom is 0.336 e. The first kappa shape index (κ1) is 17.1. The minimum Gasteiger partial charge on any atom is -0.329 e. The monoisotopic (exact) mass is 389 g/mol. The zero-order chi connectivity index (χ0) is 18.4. The molecule has 4 rings (SSSR count). The quantitative estimate of drug-likeness (QED) is 0.736. The van der Waals surface area contributed by atoms with E-state index in [0.29, 0.717) is 21.5 Å². The van der Waals surface area contributed by atoms with Crippen LogP contribution in [0.2, 0.25) is 10.0 Å². The summed E-state index contributed by atoms with van der Waals surface area (Å²) in [5.41, 5.74) is 1.36. The normalized spacial score (nSPS) is 21.4. The molecule has 2 amide bonds. The molecule has 0 radical (unpaired) electrons. The summed E-state index contributed by atoms with van der Waals surface area (Å²) in [5.74, 6) is -2.35. The van der Waals surface area contributed by atoms with Crippen molar-refractivity contribution in [3.8, 4) is 0 Å². The Balaban J connectivity index is 1.50. The van der Waals surface area contributed by atoms with E-state index >= 15 is 0 Å². The SMILES string of the molecule is O=C(ON1C(=O)c2ccccc2C1=O)C1CCC1c1ccc(Cl)c(Cl)c1. The van der Waals surface area contributed by atoms with Crippen molar-refractivity contribution < 1.29 is 19.2 Å². The molecule has 1 saturated carbocycles. The van der Waals surface area contributed by atoms with Gasteiger partial charge >= 0.3 is 5.97 Å². The number of hydrogen-bond acceptors (Lipinski definition) is 4. The van der Waals surface area contributed by atoms with Gasteiger partial charge in [-0.3, -0.25) is 9.59 Å². The molecule has 132 valence electrons. The molecule has 5 nitrogen and oxygen atoms in total. The topological polar surface area (TPSA) is 63.7 Å². The second kappa shape index (κ2) is 6.41. The molecular weight excluding hydrogens is 377 g/mol. The van der Waals surface area contributed by atoms with Crippen LogP contribution in [0.3, 0.4) is 0 Å². The highest BCUT2D eigenvalue weighted by Crippen LogP contribution is 2.44. The van der Waals surface area contributed by atoms with Crippen LogP contribution in [-0.2, 0) is 9.63 Å². The molecule has 0 N–H and O–H groups in total. The standard InChI is InChI=1S/C19H13Cl2NO4/c20-15-8-5-10(9-16(15)21)11-6-7-14(11)19(25)26-22-17(23)12-3-1-2-4-13(12)18(22)24/h1-5,8-9,11,14H,6-7H2. The molecule has 0 spiro atoms. The molecular formula is C19H13Cl2NO4. The molecule has 7 heteroatoms. The highest BCUT2D eigenvalue weighted by Gasteiger charge is 2.44. The molecule has 2 aromatic carbocycles. The Bertz CT molecular complexity index is 908. The number of carbonyl (C=O) groups excluding carboxylic acids is 3. The van der Waals surface area contributed by atoms with Crippen LogP contribution in [-0.4, -0.2) is 22.8 Å². The van der Waals surface area contributed by atoms with Gasteiger partial charge in [0.25, 0.3) is 11.8 Å². The smallest absolute Gasteiger partial charge is 0.329 e. The number of hydroxylamine groups is 2. The third kappa shape index (κ3) is 2.68. The van der Waals surface area contributed by atoms with Crippen LogP contribution in [0.15, 0.2) is 42.5 Å². The first-order valence-corrected chi connectivity index (χ1v) is 8.87. The van der Waals surface area contributed by atoms with E-state index in [9.17, 15) is 14.4 Å². The highest BCUT2D eigenvalue weighted by molar-refractivity contribution is 6.42. The second-order valence-corrected chi connectivity index (χ2v) is 7.14. The first-order valence-electron chi connectivity index (χ1n) is 8.12. The number of halogens is 2. The molecule has 1 aliphatic carbocycles. The van der Waals surface area contributed by atoms with Gasteiger partial charge in [0.05, 0.1) is 27.1 Å². The first-order chi connectivity index (χ1) is 12.5. The minimum absolute atomic E-state index is 0.0764. The summed E-state index contributed by atoms with van der Waals surface area (Å²) in [6.07, 6.45) is 1.41. The average molecular weight is 390 g/mol. The molecule has 2 atom stereocenters. The summed E-state index contributed by atoms with van der Waals surface area (Å²) in [4.78, 5) is 42.3. The Labute approximate surface area is 159 Å². The summed E-state index contributed by atoms with van der Waals surface area (Å²) in [5, 5.41) is 1.42. The zero-order valence-electron chi connectivity index (χ0n) is 13.4. The third-order valence-corrected chi connectivity index (χ3v) is 5.63. The Morgan fingerprint density at radius 2 is 1.62 bits per heavy atom. The largest absolute Gasteiger partial charge is 0.336 e. The lowest BCUT2D eigenvalue weighted by Crippen LogP contribution is -2.39. The van der Waals surface area contributed by atoms with Gasteiger partial charge in [0.1, 0.15) is 0 Å². The molecule has 1 heterocycles. The average Bonchev–Trinajstić information content (AvgIpc) is 2.83. The summed E-state index contributed by atoms with van der Waals surface area (Å²) in [6, 6.07) is 11.6. The highest BCUT2D eigenvalue weighted by atomic mass is 35.5. The zero-order valence-corrected chi connectivity index (χ0v) is 15.0. The van der Waals surface area contributed by atoms with Gasteiger partial charge in [-0.05, 0) is 48.6 Å². The van der Waals surface area contributed by atoms with Crippen molar-refractivity contribution in [1.29, 1.82) is 0 Å². The van der Waals surface area contributed by atoms with Gasteiger partial charge in [-0.1, -0.05) is 46.5 Å². The van der Waals surface area contributed by atoms with Gasteiger partial charge in [0.15, 0.2) is 0 Å². The molecule has 0 saturated heterocycles. The number of carbonyl (C=O) groups is 3. The number of hydrogen-bond donors (Lipinski definition) is 0. The maximum absolute atomic E-state index is 12.5. The van der Waals surface area contributed by atoms with E-state index in [-0.39, 0.29) is 17.0 Å². The molecule has 0 aromatic heterocycles. The lowest BCUT2D eigenvalue weighted by atomic mass is 9.70. The van der Waals surface area contributed by atoms with E-state index in [1.165, 1.54) is 12.1 Å². The van der Waals surface area contributed by atoms with Crippen LogP contribution in [0.5, 0.6) is 0 Å². The Morgan fingerprint density at radius 3 is 2.15 bits per heavy atom.